The highest BCUT2D eigenvalue weighted by Crippen LogP contribution is 2.41. The van der Waals surface area contributed by atoms with Crippen LogP contribution in [0.1, 0.15) is 0 Å². The Balaban J connectivity index is 0.929. The highest BCUT2D eigenvalue weighted by molar-refractivity contribution is 6.19. The molecule has 0 amide bonds. The molecule has 6 nitrogen and oxygen atoms in total. The predicted molar refractivity (Wildman–Crippen MR) is 267 cm³/mol. The second-order valence-electron chi connectivity index (χ2n) is 16.9. The first kappa shape index (κ1) is 35.7. The summed E-state index contributed by atoms with van der Waals surface area (Å²) in [5.41, 5.74) is 11.1. The van der Waals surface area contributed by atoms with Gasteiger partial charge in [-0.2, -0.15) is 0 Å². The molecule has 14 aromatic rings. The van der Waals surface area contributed by atoms with Gasteiger partial charge in [-0.3, -0.25) is 0 Å². The van der Waals surface area contributed by atoms with E-state index in [0.29, 0.717) is 17.5 Å². The van der Waals surface area contributed by atoms with E-state index >= 15 is 0 Å². The highest BCUT2D eigenvalue weighted by Gasteiger charge is 2.20. The second-order valence-corrected chi connectivity index (χ2v) is 16.9. The van der Waals surface area contributed by atoms with Gasteiger partial charge in [0.1, 0.15) is 11.2 Å². The summed E-state index contributed by atoms with van der Waals surface area (Å²) >= 11 is 0. The van der Waals surface area contributed by atoms with E-state index in [4.69, 9.17) is 19.4 Å². The van der Waals surface area contributed by atoms with Gasteiger partial charge >= 0.3 is 0 Å². The third-order valence-corrected chi connectivity index (χ3v) is 13.1. The number of hydrogen-bond acceptors (Lipinski definition) is 4. The lowest BCUT2D eigenvalue weighted by atomic mass is 10.1. The van der Waals surface area contributed by atoms with E-state index < -0.39 is 0 Å². The number of para-hydroxylation sites is 3. The predicted octanol–water partition coefficient (Wildman–Crippen LogP) is 15.3. The summed E-state index contributed by atoms with van der Waals surface area (Å²) in [7, 11) is 0. The second kappa shape index (κ2) is 13.8. The van der Waals surface area contributed by atoms with Crippen molar-refractivity contribution in [3.63, 3.8) is 0 Å². The number of fused-ring (bicyclic) bond motifs is 11. The molecule has 0 spiro atoms. The summed E-state index contributed by atoms with van der Waals surface area (Å²) in [6.45, 7) is 0. The molecular formula is C59H35N5O. The third-order valence-electron chi connectivity index (χ3n) is 13.1. The average Bonchev–Trinajstić information content (AvgIpc) is 4.02. The van der Waals surface area contributed by atoms with Crippen LogP contribution < -0.4 is 0 Å². The molecule has 0 saturated heterocycles. The van der Waals surface area contributed by atoms with Crippen LogP contribution >= 0.6 is 0 Å². The van der Waals surface area contributed by atoms with E-state index in [9.17, 15) is 0 Å². The number of nitrogens with zero attached hydrogens (tertiary/aromatic N) is 5. The van der Waals surface area contributed by atoms with Gasteiger partial charge in [0.05, 0.1) is 22.1 Å². The van der Waals surface area contributed by atoms with Gasteiger partial charge in [0.2, 0.25) is 0 Å². The normalized spacial score (nSPS) is 12.0. The van der Waals surface area contributed by atoms with Crippen LogP contribution in [0.15, 0.2) is 217 Å². The maximum Gasteiger partial charge on any atom is 0.164 e. The van der Waals surface area contributed by atoms with Crippen LogP contribution in [0.5, 0.6) is 0 Å². The summed E-state index contributed by atoms with van der Waals surface area (Å²) in [6, 6.07) is 75.1. The first-order valence-corrected chi connectivity index (χ1v) is 21.9. The van der Waals surface area contributed by atoms with Crippen LogP contribution in [-0.4, -0.2) is 24.1 Å². The Morgan fingerprint density at radius 1 is 0.277 bits per heavy atom. The zero-order valence-corrected chi connectivity index (χ0v) is 34.9. The number of hydrogen-bond donors (Lipinski definition) is 0. The van der Waals surface area contributed by atoms with Crippen LogP contribution in [0.3, 0.4) is 0 Å². The van der Waals surface area contributed by atoms with Gasteiger partial charge in [-0.15, -0.1) is 0 Å². The minimum Gasteiger partial charge on any atom is -0.456 e. The van der Waals surface area contributed by atoms with E-state index in [1.54, 1.807) is 0 Å². The van der Waals surface area contributed by atoms with Gasteiger partial charge < -0.3 is 13.6 Å². The van der Waals surface area contributed by atoms with Crippen molar-refractivity contribution in [2.75, 3.05) is 0 Å². The summed E-state index contributed by atoms with van der Waals surface area (Å²) in [6.07, 6.45) is 0. The molecule has 6 heteroatoms. The molecule has 14 rings (SSSR count). The minimum absolute atomic E-state index is 0.582. The standard InChI is InChI=1S/C59H35N5O/c1-2-16-43(17-3-1)63-51-20-10-8-18-45(51)49-34-50-46-19-9-11-21-52(46)64(54(50)35-53(49)63)44-27-29-48-47-28-26-42(32-55(47)65-56(48)33-44)59-61-57(40-24-22-36-12-4-6-14-38(36)30-40)60-58(62-59)41-25-23-37-13-5-7-15-39(37)31-41/h1-35H. The smallest absolute Gasteiger partial charge is 0.164 e. The Morgan fingerprint density at radius 2 is 0.738 bits per heavy atom. The highest BCUT2D eigenvalue weighted by atomic mass is 16.3. The summed E-state index contributed by atoms with van der Waals surface area (Å²) < 4.78 is 11.6. The molecule has 0 saturated carbocycles. The largest absolute Gasteiger partial charge is 0.456 e. The maximum absolute atomic E-state index is 6.80. The number of rotatable bonds is 5. The van der Waals surface area contributed by atoms with E-state index in [1.807, 2.05) is 0 Å². The maximum atomic E-state index is 6.80. The zero-order valence-electron chi connectivity index (χ0n) is 34.9. The number of furan rings is 1. The first-order valence-electron chi connectivity index (χ1n) is 21.9. The lowest BCUT2D eigenvalue weighted by molar-refractivity contribution is 0.668. The van der Waals surface area contributed by atoms with Crippen molar-refractivity contribution in [1.82, 2.24) is 24.1 Å². The molecule has 0 fully saturated rings. The van der Waals surface area contributed by atoms with Crippen molar-refractivity contribution in [3.8, 4) is 45.5 Å². The monoisotopic (exact) mass is 829 g/mol. The molecule has 0 aliphatic carbocycles. The molecule has 0 aliphatic rings. The van der Waals surface area contributed by atoms with Crippen molar-refractivity contribution in [2.45, 2.75) is 0 Å². The quantitative estimate of drug-likeness (QED) is 0.173. The fourth-order valence-electron chi connectivity index (χ4n) is 10.0. The minimum atomic E-state index is 0.582. The van der Waals surface area contributed by atoms with Crippen LogP contribution in [0.2, 0.25) is 0 Å². The fourth-order valence-corrected chi connectivity index (χ4v) is 10.0. The van der Waals surface area contributed by atoms with Crippen molar-refractivity contribution < 1.29 is 4.42 Å². The van der Waals surface area contributed by atoms with E-state index in [2.05, 4.69) is 221 Å². The number of benzene rings is 10. The Hall–Kier alpha value is -8.87. The Morgan fingerprint density at radius 3 is 1.34 bits per heavy atom. The molecule has 0 atom stereocenters. The van der Waals surface area contributed by atoms with Crippen molar-refractivity contribution in [1.29, 1.82) is 0 Å². The van der Waals surface area contributed by atoms with Gasteiger partial charge in [-0.25, -0.2) is 15.0 Å². The first-order chi connectivity index (χ1) is 32.2. The van der Waals surface area contributed by atoms with E-state index in [0.717, 1.165) is 77.3 Å². The molecule has 0 N–H and O–H groups in total. The van der Waals surface area contributed by atoms with Crippen molar-refractivity contribution in [2.24, 2.45) is 0 Å². The van der Waals surface area contributed by atoms with Gasteiger partial charge in [0.25, 0.3) is 0 Å². The molecule has 0 aliphatic heterocycles. The molecule has 0 bridgehead atoms. The Labute approximate surface area is 371 Å². The van der Waals surface area contributed by atoms with Crippen molar-refractivity contribution >= 4 is 87.1 Å². The summed E-state index contributed by atoms with van der Waals surface area (Å²) in [5, 5.41) is 11.6. The molecule has 302 valence electrons. The fraction of sp³-hybridized carbons (Fsp3) is 0. The van der Waals surface area contributed by atoms with E-state index in [1.165, 1.54) is 37.8 Å². The molecule has 10 aromatic carbocycles. The number of aromatic nitrogens is 5. The molecule has 4 aromatic heterocycles. The van der Waals surface area contributed by atoms with Crippen molar-refractivity contribution in [3.05, 3.63) is 212 Å². The van der Waals surface area contributed by atoms with Crippen LogP contribution in [0.4, 0.5) is 0 Å². The lowest BCUT2D eigenvalue weighted by Gasteiger charge is -2.10. The van der Waals surface area contributed by atoms with Gasteiger partial charge in [0, 0.05) is 66.4 Å². The van der Waals surface area contributed by atoms with Crippen LogP contribution in [0, 0.1) is 0 Å². The lowest BCUT2D eigenvalue weighted by Crippen LogP contribution is -2.00. The SMILES string of the molecule is c1ccc(-n2c3ccccc3c3cc4c5ccccc5n(-c5ccc6c(c5)oc5cc(-c7nc(-c8ccc9ccccc9c8)nc(-c8ccc9ccccc9c8)n7)ccc56)c4cc32)cc1. The molecule has 0 unspecified atom stereocenters. The Kier molecular flexibility index (Phi) is 7.59. The third kappa shape index (κ3) is 5.57. The van der Waals surface area contributed by atoms with E-state index in [-0.39, 0.29) is 0 Å². The molecular weight excluding hydrogens is 795 g/mol. The average molecular weight is 830 g/mol. The molecule has 4 heterocycles. The van der Waals surface area contributed by atoms with Gasteiger partial charge in [-0.1, -0.05) is 133 Å². The molecule has 0 radical (unpaired) electrons. The molecule has 65 heavy (non-hydrogen) atoms. The van der Waals surface area contributed by atoms with Crippen LogP contribution in [-0.2, 0) is 0 Å². The topological polar surface area (TPSA) is 61.7 Å². The van der Waals surface area contributed by atoms with Gasteiger partial charge in [0.15, 0.2) is 17.5 Å². The van der Waals surface area contributed by atoms with Crippen LogP contribution in [0.25, 0.3) is 133 Å². The summed E-state index contributed by atoms with van der Waals surface area (Å²) in [5.74, 6) is 1.82. The van der Waals surface area contributed by atoms with Gasteiger partial charge in [-0.05, 0) is 94.3 Å². The Bertz CT molecular complexity index is 4160. The zero-order chi connectivity index (χ0) is 42.6. The summed E-state index contributed by atoms with van der Waals surface area (Å²) in [4.78, 5) is 15.3.